The van der Waals surface area contributed by atoms with E-state index in [0.29, 0.717) is 5.56 Å². The molecule has 0 unspecified atom stereocenters. The zero-order chi connectivity index (χ0) is 13.1. The van der Waals surface area contributed by atoms with Crippen molar-refractivity contribution in [1.82, 2.24) is 9.55 Å². The Bertz CT molecular complexity index is 654. The number of halogens is 1. The Kier molecular flexibility index (Phi) is 3.38. The van der Waals surface area contributed by atoms with Crippen LogP contribution < -0.4 is 5.69 Å². The van der Waals surface area contributed by atoms with Crippen LogP contribution in [-0.2, 0) is 6.54 Å². The standard InChI is InChI=1S/C11H8ClN3O3/c12-9-3-1-4-10(15(17)18)8(9)7-14-6-2-5-13-11(14)16/h1-6H,7H2. The molecule has 0 saturated heterocycles. The first-order valence-electron chi connectivity index (χ1n) is 5.03. The van der Waals surface area contributed by atoms with Gasteiger partial charge in [-0.1, -0.05) is 17.7 Å². The molecule has 2 aromatic rings. The number of hydrogen-bond donors (Lipinski definition) is 0. The molecular formula is C11H8ClN3O3. The minimum Gasteiger partial charge on any atom is -0.294 e. The second-order valence-corrected chi connectivity index (χ2v) is 3.93. The van der Waals surface area contributed by atoms with Crippen LogP contribution in [-0.4, -0.2) is 14.5 Å². The van der Waals surface area contributed by atoms with Gasteiger partial charge in [0.2, 0.25) is 0 Å². The third kappa shape index (κ3) is 2.38. The van der Waals surface area contributed by atoms with E-state index in [4.69, 9.17) is 11.6 Å². The fourth-order valence-corrected chi connectivity index (χ4v) is 1.78. The summed E-state index contributed by atoms with van der Waals surface area (Å²) in [5.74, 6) is 0. The van der Waals surface area contributed by atoms with Gasteiger partial charge in [-0.2, -0.15) is 0 Å². The van der Waals surface area contributed by atoms with Gasteiger partial charge >= 0.3 is 5.69 Å². The number of aromatic nitrogens is 2. The van der Waals surface area contributed by atoms with Gasteiger partial charge in [-0.05, 0) is 12.1 Å². The summed E-state index contributed by atoms with van der Waals surface area (Å²) in [7, 11) is 0. The molecule has 0 aliphatic heterocycles. The van der Waals surface area contributed by atoms with Crippen LogP contribution in [0.25, 0.3) is 0 Å². The van der Waals surface area contributed by atoms with Crippen molar-refractivity contribution in [2.45, 2.75) is 6.54 Å². The van der Waals surface area contributed by atoms with E-state index in [0.717, 1.165) is 0 Å². The molecule has 0 N–H and O–H groups in total. The lowest BCUT2D eigenvalue weighted by Gasteiger charge is -2.07. The molecule has 1 aromatic carbocycles. The highest BCUT2D eigenvalue weighted by atomic mass is 35.5. The first-order chi connectivity index (χ1) is 8.59. The van der Waals surface area contributed by atoms with Gasteiger partial charge in [-0.15, -0.1) is 0 Å². The van der Waals surface area contributed by atoms with Crippen LogP contribution in [0.4, 0.5) is 5.69 Å². The Morgan fingerprint density at radius 2 is 2.17 bits per heavy atom. The Morgan fingerprint density at radius 1 is 1.39 bits per heavy atom. The van der Waals surface area contributed by atoms with Gasteiger partial charge in [-0.25, -0.2) is 9.78 Å². The van der Waals surface area contributed by atoms with E-state index < -0.39 is 10.6 Å². The molecular weight excluding hydrogens is 258 g/mol. The minimum atomic E-state index is -0.525. The van der Waals surface area contributed by atoms with Crippen molar-refractivity contribution in [2.75, 3.05) is 0 Å². The molecule has 0 saturated carbocycles. The van der Waals surface area contributed by atoms with E-state index in [1.54, 1.807) is 12.1 Å². The third-order valence-electron chi connectivity index (χ3n) is 2.40. The molecule has 0 fully saturated rings. The van der Waals surface area contributed by atoms with Crippen LogP contribution in [0.15, 0.2) is 41.5 Å². The van der Waals surface area contributed by atoms with Crippen LogP contribution in [0.5, 0.6) is 0 Å². The highest BCUT2D eigenvalue weighted by molar-refractivity contribution is 6.31. The SMILES string of the molecule is O=c1ncccn1Cc1c(Cl)cccc1[N+](=O)[O-]. The molecule has 92 valence electrons. The van der Waals surface area contributed by atoms with Gasteiger partial charge in [0, 0.05) is 18.5 Å². The Balaban J connectivity index is 2.50. The average Bonchev–Trinajstić information content (AvgIpc) is 2.34. The van der Waals surface area contributed by atoms with E-state index in [9.17, 15) is 14.9 Å². The van der Waals surface area contributed by atoms with Crippen LogP contribution >= 0.6 is 11.6 Å². The van der Waals surface area contributed by atoms with Gasteiger partial charge in [0.1, 0.15) is 0 Å². The summed E-state index contributed by atoms with van der Waals surface area (Å²) in [5.41, 5.74) is -0.302. The summed E-state index contributed by atoms with van der Waals surface area (Å²) in [6.45, 7) is 0.0165. The molecule has 1 aromatic heterocycles. The summed E-state index contributed by atoms with van der Waals surface area (Å²) in [5, 5.41) is 11.1. The van der Waals surface area contributed by atoms with E-state index in [-0.39, 0.29) is 17.3 Å². The number of hydrogen-bond acceptors (Lipinski definition) is 4. The summed E-state index contributed by atoms with van der Waals surface area (Å²) in [4.78, 5) is 25.4. The number of rotatable bonds is 3. The lowest BCUT2D eigenvalue weighted by Crippen LogP contribution is -2.22. The zero-order valence-corrected chi connectivity index (χ0v) is 9.87. The smallest absolute Gasteiger partial charge is 0.294 e. The number of nitrogens with zero attached hydrogens (tertiary/aromatic N) is 3. The molecule has 0 spiro atoms. The van der Waals surface area contributed by atoms with E-state index >= 15 is 0 Å². The average molecular weight is 266 g/mol. The van der Waals surface area contributed by atoms with Crippen molar-refractivity contribution in [3.05, 3.63) is 67.8 Å². The molecule has 18 heavy (non-hydrogen) atoms. The minimum absolute atomic E-state index is 0.0165. The molecule has 0 amide bonds. The number of nitro benzene ring substituents is 1. The predicted octanol–water partition coefficient (Wildman–Crippen LogP) is 1.85. The molecule has 7 heteroatoms. The Morgan fingerprint density at radius 3 is 2.83 bits per heavy atom. The summed E-state index contributed by atoms with van der Waals surface area (Å²) in [6.07, 6.45) is 2.86. The number of benzene rings is 1. The first-order valence-corrected chi connectivity index (χ1v) is 5.40. The molecule has 0 radical (unpaired) electrons. The maximum absolute atomic E-state index is 11.5. The first kappa shape index (κ1) is 12.3. The predicted molar refractivity (Wildman–Crippen MR) is 65.7 cm³/mol. The van der Waals surface area contributed by atoms with Crippen molar-refractivity contribution in [3.8, 4) is 0 Å². The van der Waals surface area contributed by atoms with Crippen LogP contribution in [0.1, 0.15) is 5.56 Å². The summed E-state index contributed by atoms with van der Waals surface area (Å²) < 4.78 is 1.26. The lowest BCUT2D eigenvalue weighted by molar-refractivity contribution is -0.385. The molecule has 0 atom stereocenters. The van der Waals surface area contributed by atoms with Gasteiger partial charge < -0.3 is 0 Å². The van der Waals surface area contributed by atoms with Crippen molar-refractivity contribution >= 4 is 17.3 Å². The van der Waals surface area contributed by atoms with Crippen LogP contribution in [0, 0.1) is 10.1 Å². The van der Waals surface area contributed by atoms with E-state index in [1.165, 1.54) is 29.1 Å². The molecule has 0 bridgehead atoms. The van der Waals surface area contributed by atoms with Crippen LogP contribution in [0.3, 0.4) is 0 Å². The van der Waals surface area contributed by atoms with Gasteiger partial charge in [-0.3, -0.25) is 14.7 Å². The second kappa shape index (κ2) is 4.97. The molecule has 1 heterocycles. The van der Waals surface area contributed by atoms with Crippen molar-refractivity contribution in [1.29, 1.82) is 0 Å². The van der Waals surface area contributed by atoms with Gasteiger partial charge in [0.25, 0.3) is 5.69 Å². The highest BCUT2D eigenvalue weighted by Gasteiger charge is 2.17. The Labute approximate surface area is 107 Å². The summed E-state index contributed by atoms with van der Waals surface area (Å²) in [6, 6.07) is 5.97. The fraction of sp³-hybridized carbons (Fsp3) is 0.0909. The quantitative estimate of drug-likeness (QED) is 0.627. The normalized spacial score (nSPS) is 10.3. The largest absolute Gasteiger partial charge is 0.347 e. The molecule has 0 aliphatic carbocycles. The van der Waals surface area contributed by atoms with E-state index in [2.05, 4.69) is 4.98 Å². The zero-order valence-electron chi connectivity index (χ0n) is 9.12. The van der Waals surface area contributed by atoms with Gasteiger partial charge in [0.15, 0.2) is 0 Å². The molecule has 2 rings (SSSR count). The Hall–Kier alpha value is -2.21. The van der Waals surface area contributed by atoms with Crippen molar-refractivity contribution in [2.24, 2.45) is 0 Å². The maximum Gasteiger partial charge on any atom is 0.347 e. The van der Waals surface area contributed by atoms with Crippen LogP contribution in [0.2, 0.25) is 5.02 Å². The highest BCUT2D eigenvalue weighted by Crippen LogP contribution is 2.26. The summed E-state index contributed by atoms with van der Waals surface area (Å²) >= 11 is 5.94. The molecule has 0 aliphatic rings. The second-order valence-electron chi connectivity index (χ2n) is 3.52. The fourth-order valence-electron chi connectivity index (χ4n) is 1.55. The van der Waals surface area contributed by atoms with E-state index in [1.807, 2.05) is 0 Å². The monoisotopic (exact) mass is 265 g/mol. The number of nitro groups is 1. The van der Waals surface area contributed by atoms with Crippen molar-refractivity contribution in [3.63, 3.8) is 0 Å². The lowest BCUT2D eigenvalue weighted by atomic mass is 10.2. The topological polar surface area (TPSA) is 78.0 Å². The van der Waals surface area contributed by atoms with Gasteiger partial charge in [0.05, 0.1) is 22.1 Å². The van der Waals surface area contributed by atoms with Crippen molar-refractivity contribution < 1.29 is 4.92 Å². The maximum atomic E-state index is 11.5. The third-order valence-corrected chi connectivity index (χ3v) is 2.76. The molecule has 6 nitrogen and oxygen atoms in total.